The average Bonchev–Trinajstić information content (AvgIpc) is 2.62. The Bertz CT molecular complexity index is 931. The van der Waals surface area contributed by atoms with Gasteiger partial charge in [0.25, 0.3) is 0 Å². The summed E-state index contributed by atoms with van der Waals surface area (Å²) in [5.41, 5.74) is 2.10. The first-order valence-corrected chi connectivity index (χ1v) is 7.95. The van der Waals surface area contributed by atoms with Crippen LogP contribution < -0.4 is 5.32 Å². The van der Waals surface area contributed by atoms with Crippen LogP contribution in [0.3, 0.4) is 0 Å². The average molecular weight is 351 g/mol. The summed E-state index contributed by atoms with van der Waals surface area (Å²) < 4.78 is 0. The molecule has 3 aromatic heterocycles. The number of nitrogens with zero attached hydrogens (tertiary/aromatic N) is 5. The van der Waals surface area contributed by atoms with Crippen LogP contribution in [0.25, 0.3) is 11.3 Å². The minimum absolute atomic E-state index is 0.451. The molecule has 0 aliphatic rings. The third-order valence-electron chi connectivity index (χ3n) is 3.61. The van der Waals surface area contributed by atoms with E-state index in [1.807, 2.05) is 13.8 Å². The molecule has 3 aromatic rings. The summed E-state index contributed by atoms with van der Waals surface area (Å²) in [4.78, 5) is 17.3. The molecule has 0 bridgehead atoms. The topological polar surface area (TPSA) is 87.4 Å². The summed E-state index contributed by atoms with van der Waals surface area (Å²) in [5.74, 6) is 0.451. The highest BCUT2D eigenvalue weighted by atomic mass is 35.5. The van der Waals surface area contributed by atoms with Gasteiger partial charge in [-0.05, 0) is 38.1 Å². The Hall–Kier alpha value is -3.04. The number of aromatic nitrogens is 4. The number of hydrogen-bond acceptors (Lipinski definition) is 6. The zero-order valence-corrected chi connectivity index (χ0v) is 14.5. The highest BCUT2D eigenvalue weighted by Crippen LogP contribution is 2.28. The van der Waals surface area contributed by atoms with E-state index in [4.69, 9.17) is 16.9 Å². The summed E-state index contributed by atoms with van der Waals surface area (Å²) in [6, 6.07) is 9.02. The fourth-order valence-electron chi connectivity index (χ4n) is 2.37. The number of hydrogen-bond donors (Lipinski definition) is 1. The normalized spacial score (nSPS) is 11.0. The highest BCUT2D eigenvalue weighted by Gasteiger charge is 2.25. The standard InChI is InChI=1S/C18H15ClN6/c1-18(2,16-14(19)4-3-6-22-16)25-17-23-10-13(11-24-17)15-8-12(9-20)5-7-21-15/h3-8,10-11H,1-2H3,(H,23,24,25). The minimum atomic E-state index is -0.543. The molecule has 0 amide bonds. The summed E-state index contributed by atoms with van der Waals surface area (Å²) in [7, 11) is 0. The largest absolute Gasteiger partial charge is 0.344 e. The van der Waals surface area contributed by atoms with Gasteiger partial charge < -0.3 is 5.32 Å². The second-order valence-electron chi connectivity index (χ2n) is 5.92. The smallest absolute Gasteiger partial charge is 0.223 e. The lowest BCUT2D eigenvalue weighted by Crippen LogP contribution is -2.30. The van der Waals surface area contributed by atoms with Crippen LogP contribution in [0.4, 0.5) is 5.95 Å². The van der Waals surface area contributed by atoms with Crippen LogP contribution in [0.1, 0.15) is 25.1 Å². The van der Waals surface area contributed by atoms with Crippen molar-refractivity contribution in [2.75, 3.05) is 5.32 Å². The Balaban J connectivity index is 1.83. The molecule has 0 spiro atoms. The molecule has 0 atom stereocenters. The van der Waals surface area contributed by atoms with Gasteiger partial charge in [-0.3, -0.25) is 9.97 Å². The zero-order chi connectivity index (χ0) is 17.9. The molecular weight excluding hydrogens is 336 g/mol. The van der Waals surface area contributed by atoms with Crippen molar-refractivity contribution < 1.29 is 0 Å². The SMILES string of the molecule is CC(C)(Nc1ncc(-c2cc(C#N)ccn2)cn1)c1ncccc1Cl. The lowest BCUT2D eigenvalue weighted by atomic mass is 10.00. The molecule has 0 aliphatic carbocycles. The van der Waals surface area contributed by atoms with Gasteiger partial charge in [0, 0.05) is 30.4 Å². The Morgan fingerprint density at radius 3 is 2.52 bits per heavy atom. The van der Waals surface area contributed by atoms with Crippen LogP contribution in [0, 0.1) is 11.3 Å². The number of anilines is 1. The summed E-state index contributed by atoms with van der Waals surface area (Å²) in [5, 5.41) is 12.8. The maximum atomic E-state index is 8.98. The van der Waals surface area contributed by atoms with Gasteiger partial charge >= 0.3 is 0 Å². The van der Waals surface area contributed by atoms with E-state index in [0.29, 0.717) is 27.9 Å². The van der Waals surface area contributed by atoms with Crippen molar-refractivity contribution in [3.05, 3.63) is 65.3 Å². The van der Waals surface area contributed by atoms with Crippen LogP contribution in [0.2, 0.25) is 5.02 Å². The summed E-state index contributed by atoms with van der Waals surface area (Å²) >= 11 is 6.23. The number of nitriles is 1. The molecule has 0 saturated carbocycles. The van der Waals surface area contributed by atoms with Gasteiger partial charge in [0.2, 0.25) is 5.95 Å². The number of rotatable bonds is 4. The molecule has 6 nitrogen and oxygen atoms in total. The fraction of sp³-hybridized carbons (Fsp3) is 0.167. The van der Waals surface area contributed by atoms with Crippen molar-refractivity contribution >= 4 is 17.5 Å². The number of halogens is 1. The van der Waals surface area contributed by atoms with Gasteiger partial charge in [0.15, 0.2) is 0 Å². The first-order chi connectivity index (χ1) is 12.0. The number of pyridine rings is 2. The van der Waals surface area contributed by atoms with Crippen LogP contribution in [-0.4, -0.2) is 19.9 Å². The van der Waals surface area contributed by atoms with Gasteiger partial charge in [-0.25, -0.2) is 9.97 Å². The molecule has 0 radical (unpaired) electrons. The van der Waals surface area contributed by atoms with Crippen LogP contribution >= 0.6 is 11.6 Å². The number of nitrogens with one attached hydrogen (secondary N) is 1. The van der Waals surface area contributed by atoms with Crippen molar-refractivity contribution in [1.82, 2.24) is 19.9 Å². The maximum Gasteiger partial charge on any atom is 0.223 e. The zero-order valence-electron chi connectivity index (χ0n) is 13.7. The third kappa shape index (κ3) is 3.73. The van der Waals surface area contributed by atoms with Crippen molar-refractivity contribution in [3.63, 3.8) is 0 Å². The van der Waals surface area contributed by atoms with Gasteiger partial charge in [-0.2, -0.15) is 5.26 Å². The van der Waals surface area contributed by atoms with Crippen molar-refractivity contribution in [2.45, 2.75) is 19.4 Å². The quantitative estimate of drug-likeness (QED) is 0.769. The molecule has 0 aliphatic heterocycles. The molecular formula is C18H15ClN6. The van der Waals surface area contributed by atoms with Crippen molar-refractivity contribution in [2.24, 2.45) is 0 Å². The third-order valence-corrected chi connectivity index (χ3v) is 3.92. The van der Waals surface area contributed by atoms with E-state index in [-0.39, 0.29) is 0 Å². The first-order valence-electron chi connectivity index (χ1n) is 7.57. The molecule has 25 heavy (non-hydrogen) atoms. The summed E-state index contributed by atoms with van der Waals surface area (Å²) in [6.45, 7) is 3.91. The Kier molecular flexibility index (Phi) is 4.59. The predicted octanol–water partition coefficient (Wildman–Crippen LogP) is 3.81. The first kappa shape index (κ1) is 16.8. The highest BCUT2D eigenvalue weighted by molar-refractivity contribution is 6.31. The molecule has 0 aromatic carbocycles. The molecule has 124 valence electrons. The van der Waals surface area contributed by atoms with E-state index < -0.39 is 5.54 Å². The van der Waals surface area contributed by atoms with Crippen molar-refractivity contribution in [1.29, 1.82) is 5.26 Å². The van der Waals surface area contributed by atoms with Gasteiger partial charge in [-0.1, -0.05) is 11.6 Å². The Labute approximate surface area is 150 Å². The molecule has 0 saturated heterocycles. The van der Waals surface area contributed by atoms with Gasteiger partial charge in [0.05, 0.1) is 33.6 Å². The van der Waals surface area contributed by atoms with Crippen LogP contribution in [0.5, 0.6) is 0 Å². The van der Waals surface area contributed by atoms with E-state index >= 15 is 0 Å². The lowest BCUT2D eigenvalue weighted by Gasteiger charge is -2.26. The molecule has 1 N–H and O–H groups in total. The van der Waals surface area contributed by atoms with E-state index in [2.05, 4.69) is 31.3 Å². The fourth-order valence-corrected chi connectivity index (χ4v) is 2.72. The van der Waals surface area contributed by atoms with Crippen LogP contribution in [0.15, 0.2) is 49.1 Å². The Morgan fingerprint density at radius 2 is 1.84 bits per heavy atom. The second kappa shape index (κ2) is 6.83. The monoisotopic (exact) mass is 350 g/mol. The molecule has 3 rings (SSSR count). The molecule has 0 fully saturated rings. The van der Waals surface area contributed by atoms with Crippen molar-refractivity contribution in [3.8, 4) is 17.3 Å². The molecule has 3 heterocycles. The Morgan fingerprint density at radius 1 is 1.08 bits per heavy atom. The van der Waals surface area contributed by atoms with E-state index in [1.165, 1.54) is 0 Å². The minimum Gasteiger partial charge on any atom is -0.344 e. The maximum absolute atomic E-state index is 8.98. The van der Waals surface area contributed by atoms with Crippen LogP contribution in [-0.2, 0) is 5.54 Å². The second-order valence-corrected chi connectivity index (χ2v) is 6.33. The van der Waals surface area contributed by atoms with Gasteiger partial charge in [-0.15, -0.1) is 0 Å². The lowest BCUT2D eigenvalue weighted by molar-refractivity contribution is 0.581. The molecule has 7 heteroatoms. The van der Waals surface area contributed by atoms with E-state index in [9.17, 15) is 0 Å². The summed E-state index contributed by atoms with van der Waals surface area (Å²) in [6.07, 6.45) is 6.61. The molecule has 0 unspecified atom stereocenters. The van der Waals surface area contributed by atoms with Gasteiger partial charge in [0.1, 0.15) is 0 Å². The van der Waals surface area contributed by atoms with E-state index in [0.717, 1.165) is 5.56 Å². The predicted molar refractivity (Wildman–Crippen MR) is 95.9 cm³/mol. The van der Waals surface area contributed by atoms with E-state index in [1.54, 1.807) is 49.1 Å².